The molecule has 0 aliphatic carbocycles. The largest absolute Gasteiger partial charge is 0.389 e. The summed E-state index contributed by atoms with van der Waals surface area (Å²) in [4.78, 5) is 2.34. The molecule has 1 aliphatic rings. The molecule has 2 unspecified atom stereocenters. The van der Waals surface area contributed by atoms with E-state index >= 15 is 0 Å². The summed E-state index contributed by atoms with van der Waals surface area (Å²) in [5.74, 6) is 0. The number of aliphatic hydroxyl groups excluding tert-OH is 1. The Morgan fingerprint density at radius 2 is 2.00 bits per heavy atom. The molecule has 0 saturated carbocycles. The molecule has 2 aromatic rings. The number of aliphatic hydroxyl groups is 1. The zero-order valence-corrected chi connectivity index (χ0v) is 10.5. The van der Waals surface area contributed by atoms with E-state index in [4.69, 9.17) is 0 Å². The molecule has 18 heavy (non-hydrogen) atoms. The lowest BCUT2D eigenvalue weighted by atomic mass is 10.1. The summed E-state index contributed by atoms with van der Waals surface area (Å²) < 4.78 is 0. The molecule has 2 nitrogen and oxygen atoms in total. The molecule has 3 rings (SSSR count). The van der Waals surface area contributed by atoms with Crippen LogP contribution >= 0.6 is 0 Å². The molecule has 1 N–H and O–H groups in total. The molecule has 2 heteroatoms. The molecule has 0 aromatic heterocycles. The SMILES string of the molecule is CC(c1ccccc1)N1C[C@@H]1[C@@H](O)c1ccc[cH-]1. The summed E-state index contributed by atoms with van der Waals surface area (Å²) in [6.45, 7) is 3.18. The van der Waals surface area contributed by atoms with E-state index in [2.05, 4.69) is 36.1 Å². The standard InChI is InChI=1S/C16H18NO/c1-12(13-7-3-2-4-8-13)17-11-15(17)16(18)14-9-5-6-10-14/h2-10,12,15-16,18H,11H2,1H3/q-1/t12?,15-,16+,17?/m1/s1. The average molecular weight is 240 g/mol. The van der Waals surface area contributed by atoms with Crippen LogP contribution in [-0.4, -0.2) is 22.6 Å². The number of rotatable bonds is 4. The first kappa shape index (κ1) is 11.6. The topological polar surface area (TPSA) is 23.2 Å². The van der Waals surface area contributed by atoms with E-state index in [-0.39, 0.29) is 12.1 Å². The first-order chi connectivity index (χ1) is 8.77. The molecule has 1 fully saturated rings. The summed E-state index contributed by atoms with van der Waals surface area (Å²) in [6, 6.07) is 19.1. The van der Waals surface area contributed by atoms with Gasteiger partial charge in [0.15, 0.2) is 0 Å². The first-order valence-electron chi connectivity index (χ1n) is 6.48. The van der Waals surface area contributed by atoms with E-state index in [1.54, 1.807) is 0 Å². The summed E-state index contributed by atoms with van der Waals surface area (Å²) in [5.41, 5.74) is 2.34. The monoisotopic (exact) mass is 240 g/mol. The second-order valence-corrected chi connectivity index (χ2v) is 5.01. The Balaban J connectivity index is 1.67. The lowest BCUT2D eigenvalue weighted by molar-refractivity contribution is 0.151. The highest BCUT2D eigenvalue weighted by Gasteiger charge is 2.42. The molecule has 1 heterocycles. The van der Waals surface area contributed by atoms with Gasteiger partial charge in [0.2, 0.25) is 0 Å². The van der Waals surface area contributed by atoms with Crippen molar-refractivity contribution in [3.8, 4) is 0 Å². The molecule has 0 amide bonds. The van der Waals surface area contributed by atoms with Crippen LogP contribution in [-0.2, 0) is 0 Å². The maximum atomic E-state index is 10.3. The fourth-order valence-corrected chi connectivity index (χ4v) is 2.63. The maximum absolute atomic E-state index is 10.3. The van der Waals surface area contributed by atoms with Gasteiger partial charge in [0.25, 0.3) is 0 Å². The molecule has 4 atom stereocenters. The Morgan fingerprint density at radius 3 is 2.67 bits per heavy atom. The number of hydrogen-bond donors (Lipinski definition) is 1. The van der Waals surface area contributed by atoms with Crippen molar-refractivity contribution in [3.63, 3.8) is 0 Å². The van der Waals surface area contributed by atoms with Crippen LogP contribution in [0.3, 0.4) is 0 Å². The van der Waals surface area contributed by atoms with Crippen molar-refractivity contribution in [2.24, 2.45) is 0 Å². The van der Waals surface area contributed by atoms with Gasteiger partial charge in [-0.3, -0.25) is 4.90 Å². The quantitative estimate of drug-likeness (QED) is 0.656. The van der Waals surface area contributed by atoms with Crippen molar-refractivity contribution in [1.82, 2.24) is 4.90 Å². The minimum absolute atomic E-state index is 0.266. The second-order valence-electron chi connectivity index (χ2n) is 5.01. The lowest BCUT2D eigenvalue weighted by Crippen LogP contribution is -2.14. The van der Waals surface area contributed by atoms with Crippen LogP contribution in [0, 0.1) is 0 Å². The molecule has 0 spiro atoms. The molecule has 1 aliphatic heterocycles. The maximum Gasteiger partial charge on any atom is 0.0730 e. The molecule has 94 valence electrons. The predicted molar refractivity (Wildman–Crippen MR) is 72.3 cm³/mol. The molecule has 0 bridgehead atoms. The average Bonchev–Trinajstić information content (AvgIpc) is 3.03. The van der Waals surface area contributed by atoms with Crippen molar-refractivity contribution in [2.75, 3.05) is 6.54 Å². The molecule has 1 saturated heterocycles. The van der Waals surface area contributed by atoms with Crippen LogP contribution in [0.1, 0.15) is 30.2 Å². The van der Waals surface area contributed by atoms with Crippen LogP contribution in [0.15, 0.2) is 54.6 Å². The summed E-state index contributed by atoms with van der Waals surface area (Å²) >= 11 is 0. The van der Waals surface area contributed by atoms with E-state index in [1.165, 1.54) is 5.56 Å². The minimum atomic E-state index is -0.355. The molecular formula is C16H18NO-. The van der Waals surface area contributed by atoms with E-state index in [9.17, 15) is 5.11 Å². The van der Waals surface area contributed by atoms with Crippen molar-refractivity contribution in [1.29, 1.82) is 0 Å². The van der Waals surface area contributed by atoms with Gasteiger partial charge in [0, 0.05) is 12.6 Å². The fraction of sp³-hybridized carbons (Fsp3) is 0.312. The third kappa shape index (κ3) is 2.09. The molecular weight excluding hydrogens is 222 g/mol. The molecule has 0 radical (unpaired) electrons. The first-order valence-corrected chi connectivity index (χ1v) is 6.48. The minimum Gasteiger partial charge on any atom is -0.389 e. The van der Waals surface area contributed by atoms with Gasteiger partial charge < -0.3 is 5.11 Å². The Bertz CT molecular complexity index is 491. The van der Waals surface area contributed by atoms with Crippen LogP contribution in [0.4, 0.5) is 0 Å². The fourth-order valence-electron chi connectivity index (χ4n) is 2.63. The zero-order valence-electron chi connectivity index (χ0n) is 10.5. The third-order valence-corrected chi connectivity index (χ3v) is 3.86. The van der Waals surface area contributed by atoms with Crippen LogP contribution < -0.4 is 0 Å². The Labute approximate surface area is 108 Å². The number of benzene rings is 1. The normalized spacial score (nSPS) is 25.7. The smallest absolute Gasteiger partial charge is 0.0730 e. The number of nitrogens with zero attached hydrogens (tertiary/aromatic N) is 1. The summed E-state index contributed by atoms with van der Waals surface area (Å²) in [5, 5.41) is 10.3. The van der Waals surface area contributed by atoms with Gasteiger partial charge in [-0.15, -0.1) is 5.56 Å². The molecule has 2 aromatic carbocycles. The van der Waals surface area contributed by atoms with Gasteiger partial charge in [-0.25, -0.2) is 12.1 Å². The second kappa shape index (κ2) is 4.63. The van der Waals surface area contributed by atoms with Crippen LogP contribution in [0.5, 0.6) is 0 Å². The van der Waals surface area contributed by atoms with Gasteiger partial charge in [-0.1, -0.05) is 30.3 Å². The van der Waals surface area contributed by atoms with Crippen LogP contribution in [0.25, 0.3) is 0 Å². The highest BCUT2D eigenvalue weighted by molar-refractivity contribution is 5.25. The zero-order chi connectivity index (χ0) is 12.5. The lowest BCUT2D eigenvalue weighted by Gasteiger charge is -2.18. The Morgan fingerprint density at radius 1 is 1.22 bits per heavy atom. The van der Waals surface area contributed by atoms with Crippen molar-refractivity contribution in [3.05, 3.63) is 65.7 Å². The van der Waals surface area contributed by atoms with Gasteiger partial charge in [0.1, 0.15) is 0 Å². The Hall–Kier alpha value is -1.51. The summed E-state index contributed by atoms with van der Waals surface area (Å²) in [6.07, 6.45) is -0.355. The van der Waals surface area contributed by atoms with E-state index in [0.717, 1.165) is 12.1 Å². The van der Waals surface area contributed by atoms with Gasteiger partial charge in [0.05, 0.1) is 12.1 Å². The van der Waals surface area contributed by atoms with Crippen molar-refractivity contribution in [2.45, 2.75) is 25.1 Å². The number of hydrogen-bond acceptors (Lipinski definition) is 2. The summed E-state index contributed by atoms with van der Waals surface area (Å²) in [7, 11) is 0. The van der Waals surface area contributed by atoms with Crippen LogP contribution in [0.2, 0.25) is 0 Å². The highest BCUT2D eigenvalue weighted by atomic mass is 16.3. The van der Waals surface area contributed by atoms with Crippen molar-refractivity contribution >= 4 is 0 Å². The van der Waals surface area contributed by atoms with Gasteiger partial charge >= 0.3 is 0 Å². The van der Waals surface area contributed by atoms with Crippen molar-refractivity contribution < 1.29 is 5.11 Å². The van der Waals surface area contributed by atoms with E-state index < -0.39 is 0 Å². The highest BCUT2D eigenvalue weighted by Crippen LogP contribution is 2.38. The van der Waals surface area contributed by atoms with Gasteiger partial charge in [-0.05, 0) is 12.5 Å². The van der Waals surface area contributed by atoms with Gasteiger partial charge in [-0.2, -0.15) is 12.1 Å². The van der Waals surface area contributed by atoms with E-state index in [1.807, 2.05) is 30.3 Å². The predicted octanol–water partition coefficient (Wildman–Crippen LogP) is 2.88. The van der Waals surface area contributed by atoms with E-state index in [0.29, 0.717) is 6.04 Å². The Kier molecular flexibility index (Phi) is 2.98. The third-order valence-electron chi connectivity index (χ3n) is 3.86.